The number of aliphatic carboxylic acids is 1. The molecule has 0 N–H and O–H groups in total. The molecule has 0 aromatic rings. The van der Waals surface area contributed by atoms with Crippen LogP contribution in [-0.2, 0) is 9.53 Å². The molecule has 0 radical (unpaired) electrons. The minimum atomic E-state index is -1.09. The van der Waals surface area contributed by atoms with Crippen LogP contribution < -0.4 is 56.5 Å². The molecular formula is C8H14KNO3. The third-order valence-corrected chi connectivity index (χ3v) is 1.94. The molecule has 2 unspecified atom stereocenters. The third kappa shape index (κ3) is 4.87. The number of carboxylic acid groups (broad SMARTS) is 1. The first kappa shape index (κ1) is 14.0. The van der Waals surface area contributed by atoms with Crippen molar-refractivity contribution >= 4 is 5.97 Å². The van der Waals surface area contributed by atoms with Crippen LogP contribution in [0.25, 0.3) is 0 Å². The minimum absolute atomic E-state index is 0. The van der Waals surface area contributed by atoms with Gasteiger partial charge in [0.2, 0.25) is 0 Å². The zero-order valence-corrected chi connectivity index (χ0v) is 11.6. The van der Waals surface area contributed by atoms with Crippen molar-refractivity contribution in [2.75, 3.05) is 20.6 Å². The number of carbonyl (C=O) groups is 1. The summed E-state index contributed by atoms with van der Waals surface area (Å²) in [6.45, 7) is 0.782. The molecule has 1 rings (SSSR count). The Kier molecular flexibility index (Phi) is 7.01. The molecule has 0 saturated carbocycles. The van der Waals surface area contributed by atoms with Crippen LogP contribution in [0.4, 0.5) is 0 Å². The number of rotatable bonds is 3. The summed E-state index contributed by atoms with van der Waals surface area (Å²) in [4.78, 5) is 12.4. The maximum atomic E-state index is 10.4. The van der Waals surface area contributed by atoms with E-state index in [0.717, 1.165) is 13.0 Å². The van der Waals surface area contributed by atoms with E-state index in [1.54, 1.807) is 0 Å². The van der Waals surface area contributed by atoms with Gasteiger partial charge >= 0.3 is 51.4 Å². The molecule has 0 aliphatic carbocycles. The molecule has 13 heavy (non-hydrogen) atoms. The average Bonchev–Trinajstić information content (AvgIpc) is 2.34. The van der Waals surface area contributed by atoms with Gasteiger partial charge in [0.15, 0.2) is 0 Å². The predicted molar refractivity (Wildman–Crippen MR) is 41.5 cm³/mol. The van der Waals surface area contributed by atoms with Crippen molar-refractivity contribution in [1.82, 2.24) is 4.90 Å². The Morgan fingerprint density at radius 3 is 2.54 bits per heavy atom. The molecule has 1 fully saturated rings. The van der Waals surface area contributed by atoms with Gasteiger partial charge in [-0.15, -0.1) is 0 Å². The van der Waals surface area contributed by atoms with Crippen LogP contribution in [0.5, 0.6) is 0 Å². The summed E-state index contributed by atoms with van der Waals surface area (Å²) in [7, 11) is 3.88. The van der Waals surface area contributed by atoms with Crippen LogP contribution in [0.15, 0.2) is 0 Å². The fourth-order valence-corrected chi connectivity index (χ4v) is 1.42. The zero-order valence-electron chi connectivity index (χ0n) is 8.45. The van der Waals surface area contributed by atoms with Gasteiger partial charge in [0, 0.05) is 6.54 Å². The fraction of sp³-hybridized carbons (Fsp3) is 0.875. The molecule has 0 bridgehead atoms. The summed E-state index contributed by atoms with van der Waals surface area (Å²) in [6, 6.07) is 0. The Labute approximate surface area is 121 Å². The van der Waals surface area contributed by atoms with Crippen molar-refractivity contribution in [1.29, 1.82) is 0 Å². The molecule has 1 aliphatic heterocycles. The molecule has 2 atom stereocenters. The van der Waals surface area contributed by atoms with Gasteiger partial charge in [-0.3, -0.25) is 0 Å². The van der Waals surface area contributed by atoms with E-state index in [9.17, 15) is 9.90 Å². The number of likely N-dealkylation sites (N-methyl/N-ethyl adjacent to an activating group) is 1. The van der Waals surface area contributed by atoms with Crippen LogP contribution in [0.3, 0.4) is 0 Å². The van der Waals surface area contributed by atoms with Gasteiger partial charge in [-0.05, 0) is 26.9 Å². The molecule has 70 valence electrons. The maximum absolute atomic E-state index is 10.4. The molecular weight excluding hydrogens is 197 g/mol. The van der Waals surface area contributed by atoms with Crippen molar-refractivity contribution in [3.63, 3.8) is 0 Å². The monoisotopic (exact) mass is 211 g/mol. The molecule has 0 aromatic heterocycles. The first-order valence-electron chi connectivity index (χ1n) is 4.10. The van der Waals surface area contributed by atoms with Gasteiger partial charge < -0.3 is 19.5 Å². The molecule has 0 amide bonds. The topological polar surface area (TPSA) is 52.6 Å². The van der Waals surface area contributed by atoms with Crippen molar-refractivity contribution in [3.8, 4) is 0 Å². The maximum Gasteiger partial charge on any atom is 1.00 e. The first-order chi connectivity index (χ1) is 5.59. The first-order valence-corrected chi connectivity index (χ1v) is 4.10. The van der Waals surface area contributed by atoms with E-state index in [0.29, 0.717) is 6.42 Å². The Balaban J connectivity index is 0.00000144. The Hall–Kier alpha value is 1.03. The second-order valence-electron chi connectivity index (χ2n) is 3.41. The second-order valence-corrected chi connectivity index (χ2v) is 3.41. The summed E-state index contributed by atoms with van der Waals surface area (Å²) in [6.07, 6.45) is 0.773. The minimum Gasteiger partial charge on any atom is -0.547 e. The summed E-state index contributed by atoms with van der Waals surface area (Å²) in [5.74, 6) is -1.09. The van der Waals surface area contributed by atoms with Gasteiger partial charge in [-0.2, -0.15) is 0 Å². The van der Waals surface area contributed by atoms with Crippen LogP contribution in [0.2, 0.25) is 0 Å². The average molecular weight is 211 g/mol. The summed E-state index contributed by atoms with van der Waals surface area (Å²) in [5.41, 5.74) is 0. The number of nitrogens with zero attached hydrogens (tertiary/aromatic N) is 1. The largest absolute Gasteiger partial charge is 1.00 e. The van der Waals surface area contributed by atoms with Crippen LogP contribution in [-0.4, -0.2) is 43.7 Å². The molecule has 1 saturated heterocycles. The van der Waals surface area contributed by atoms with E-state index < -0.39 is 12.1 Å². The van der Waals surface area contributed by atoms with Gasteiger partial charge in [0.05, 0.1) is 18.2 Å². The molecule has 5 heteroatoms. The molecule has 0 aromatic carbocycles. The Morgan fingerprint density at radius 2 is 2.15 bits per heavy atom. The summed E-state index contributed by atoms with van der Waals surface area (Å²) in [5, 5.41) is 10.4. The van der Waals surface area contributed by atoms with Crippen molar-refractivity contribution in [2.24, 2.45) is 0 Å². The van der Waals surface area contributed by atoms with Gasteiger partial charge in [0.25, 0.3) is 0 Å². The molecule has 4 nitrogen and oxygen atoms in total. The van der Waals surface area contributed by atoms with Crippen LogP contribution in [0.1, 0.15) is 12.8 Å². The predicted octanol–water partition coefficient (Wildman–Crippen LogP) is -4.15. The van der Waals surface area contributed by atoms with Crippen LogP contribution >= 0.6 is 0 Å². The molecule has 1 aliphatic rings. The standard InChI is InChI=1S/C8H15NO3.K/c1-9(2)5-6-3-4-7(12-6)8(10)11;/h6-7H,3-5H2,1-2H3,(H,10,11);/q;+1/p-1. The number of carbonyl (C=O) groups excluding carboxylic acids is 1. The SMILES string of the molecule is CN(C)CC1CCC(C(=O)[O-])O1.[K+]. The van der Waals surface area contributed by atoms with E-state index in [-0.39, 0.29) is 57.5 Å². The number of hydrogen-bond donors (Lipinski definition) is 0. The van der Waals surface area contributed by atoms with Crippen LogP contribution in [0, 0.1) is 0 Å². The van der Waals surface area contributed by atoms with Gasteiger partial charge in [-0.25, -0.2) is 0 Å². The van der Waals surface area contributed by atoms with Crippen molar-refractivity contribution in [3.05, 3.63) is 0 Å². The van der Waals surface area contributed by atoms with Gasteiger partial charge in [-0.1, -0.05) is 0 Å². The van der Waals surface area contributed by atoms with E-state index in [4.69, 9.17) is 4.74 Å². The fourth-order valence-electron chi connectivity index (χ4n) is 1.42. The quantitative estimate of drug-likeness (QED) is 0.445. The normalized spacial score (nSPS) is 27.3. The third-order valence-electron chi connectivity index (χ3n) is 1.94. The second kappa shape index (κ2) is 6.50. The Morgan fingerprint density at radius 1 is 1.54 bits per heavy atom. The van der Waals surface area contributed by atoms with E-state index in [1.165, 1.54) is 0 Å². The number of hydrogen-bond acceptors (Lipinski definition) is 4. The smallest absolute Gasteiger partial charge is 0.547 e. The van der Waals surface area contributed by atoms with E-state index in [2.05, 4.69) is 0 Å². The molecule has 1 heterocycles. The Bertz CT molecular complexity index is 175. The zero-order chi connectivity index (χ0) is 9.14. The van der Waals surface area contributed by atoms with Crippen molar-refractivity contribution < 1.29 is 66.0 Å². The van der Waals surface area contributed by atoms with E-state index >= 15 is 0 Å². The molecule has 0 spiro atoms. The number of ether oxygens (including phenoxy) is 1. The summed E-state index contributed by atoms with van der Waals surface area (Å²) < 4.78 is 5.23. The van der Waals surface area contributed by atoms with Gasteiger partial charge in [0.1, 0.15) is 0 Å². The number of carboxylic acids is 1. The van der Waals surface area contributed by atoms with Crippen molar-refractivity contribution in [2.45, 2.75) is 25.0 Å². The van der Waals surface area contributed by atoms with E-state index in [1.807, 2.05) is 19.0 Å². The summed E-state index contributed by atoms with van der Waals surface area (Å²) >= 11 is 0.